The molecule has 0 amide bonds. The van der Waals surface area contributed by atoms with Crippen LogP contribution in [0.4, 0.5) is 0 Å². The fourth-order valence-corrected chi connectivity index (χ4v) is 4.24. The Hall–Kier alpha value is -2.36. The summed E-state index contributed by atoms with van der Waals surface area (Å²) >= 11 is 0. The molecule has 1 aromatic rings. The Labute approximate surface area is 194 Å². The lowest BCUT2D eigenvalue weighted by Crippen LogP contribution is -2.14. The minimum atomic E-state index is -1.17. The van der Waals surface area contributed by atoms with Crippen molar-refractivity contribution < 1.29 is 19.8 Å². The van der Waals surface area contributed by atoms with Gasteiger partial charge < -0.3 is 10.2 Å². The topological polar surface area (TPSA) is 74.6 Å². The largest absolute Gasteiger partial charge is 0.478 e. The van der Waals surface area contributed by atoms with Crippen LogP contribution >= 0.6 is 0 Å². The monoisotopic (exact) mass is 442 g/mol. The van der Waals surface area contributed by atoms with Gasteiger partial charge in [-0.15, -0.1) is 13.2 Å². The summed E-state index contributed by atoms with van der Waals surface area (Å²) in [6, 6.07) is 3.31. The van der Waals surface area contributed by atoms with Gasteiger partial charge in [-0.3, -0.25) is 0 Å². The lowest BCUT2D eigenvalue weighted by molar-refractivity contribution is 0.0650. The molecule has 0 aromatic heterocycles. The van der Waals surface area contributed by atoms with Crippen LogP contribution in [0, 0.1) is 0 Å². The second-order valence-corrected chi connectivity index (χ2v) is 8.63. The summed E-state index contributed by atoms with van der Waals surface area (Å²) in [6.45, 7) is 7.50. The van der Waals surface area contributed by atoms with Gasteiger partial charge in [0.1, 0.15) is 0 Å². The second kappa shape index (κ2) is 17.2. The highest BCUT2D eigenvalue weighted by molar-refractivity contribution is 6.03. The standard InChI is InChI=1S/C28H42O4/c1-3-5-7-9-11-13-15-17-19-23-21-22-25(27(29)30)26(28(31)32)24(23)20-18-16-14-12-10-8-6-4-2/h3-4,21-22H,1-2,5-20H2,(H,29,30)(H,31,32). The molecule has 0 fully saturated rings. The molecule has 0 aliphatic rings. The van der Waals surface area contributed by atoms with Crippen LogP contribution in [0.25, 0.3) is 0 Å². The molecule has 0 aliphatic heterocycles. The van der Waals surface area contributed by atoms with Gasteiger partial charge in [0.2, 0.25) is 0 Å². The van der Waals surface area contributed by atoms with Crippen LogP contribution < -0.4 is 0 Å². The molecule has 2 N–H and O–H groups in total. The van der Waals surface area contributed by atoms with Crippen molar-refractivity contribution >= 4 is 11.9 Å². The molecule has 0 atom stereocenters. The summed E-state index contributed by atoms with van der Waals surface area (Å²) in [5, 5.41) is 19.3. The van der Waals surface area contributed by atoms with Gasteiger partial charge in [-0.05, 0) is 68.6 Å². The number of carboxylic acids is 2. The van der Waals surface area contributed by atoms with E-state index < -0.39 is 11.9 Å². The highest BCUT2D eigenvalue weighted by Gasteiger charge is 2.22. The van der Waals surface area contributed by atoms with Gasteiger partial charge in [0.15, 0.2) is 0 Å². The molecule has 4 heteroatoms. The molecule has 1 aromatic carbocycles. The van der Waals surface area contributed by atoms with Crippen molar-refractivity contribution in [3.63, 3.8) is 0 Å². The number of aromatic carboxylic acids is 2. The fraction of sp³-hybridized carbons (Fsp3) is 0.571. The first-order chi connectivity index (χ1) is 15.5. The zero-order valence-electron chi connectivity index (χ0n) is 19.7. The molecular formula is C28H42O4. The van der Waals surface area contributed by atoms with Gasteiger partial charge in [0.25, 0.3) is 0 Å². The molecule has 0 aliphatic carbocycles. The van der Waals surface area contributed by atoms with E-state index in [9.17, 15) is 19.8 Å². The zero-order chi connectivity index (χ0) is 23.6. The number of unbranched alkanes of at least 4 members (excludes halogenated alkanes) is 12. The molecule has 4 nitrogen and oxygen atoms in total. The Morgan fingerprint density at radius 1 is 0.656 bits per heavy atom. The Kier molecular flexibility index (Phi) is 14.9. The number of carbonyl (C=O) groups is 2. The Bertz CT molecular complexity index is 720. The summed E-state index contributed by atoms with van der Waals surface area (Å²) in [4.78, 5) is 23.6. The minimum absolute atomic E-state index is 0.00888. The Balaban J connectivity index is 2.69. The van der Waals surface area contributed by atoms with E-state index in [4.69, 9.17) is 0 Å². The van der Waals surface area contributed by atoms with Gasteiger partial charge in [-0.1, -0.05) is 69.6 Å². The summed E-state index contributed by atoms with van der Waals surface area (Å²) in [5.74, 6) is -2.30. The molecule has 1 rings (SSSR count). The lowest BCUT2D eigenvalue weighted by atomic mass is 9.89. The third kappa shape index (κ3) is 10.8. The summed E-state index contributed by atoms with van der Waals surface area (Å²) in [6.07, 6.45) is 21.0. The number of benzene rings is 1. The maximum Gasteiger partial charge on any atom is 0.336 e. The smallest absolute Gasteiger partial charge is 0.336 e. The van der Waals surface area contributed by atoms with E-state index in [1.54, 1.807) is 0 Å². The van der Waals surface area contributed by atoms with E-state index >= 15 is 0 Å². The molecule has 0 saturated heterocycles. The third-order valence-corrected chi connectivity index (χ3v) is 6.04. The maximum atomic E-state index is 12.0. The van der Waals surface area contributed by atoms with Crippen molar-refractivity contribution in [3.8, 4) is 0 Å². The van der Waals surface area contributed by atoms with Crippen molar-refractivity contribution in [1.29, 1.82) is 0 Å². The molecule has 0 radical (unpaired) electrons. The van der Waals surface area contributed by atoms with Crippen LogP contribution in [-0.2, 0) is 12.8 Å². The molecule has 32 heavy (non-hydrogen) atoms. The molecule has 0 unspecified atom stereocenters. The first-order valence-corrected chi connectivity index (χ1v) is 12.4. The molecule has 178 valence electrons. The van der Waals surface area contributed by atoms with E-state index in [0.29, 0.717) is 6.42 Å². The number of hydrogen-bond donors (Lipinski definition) is 2. The van der Waals surface area contributed by atoms with E-state index in [1.807, 2.05) is 18.2 Å². The Morgan fingerprint density at radius 2 is 1.12 bits per heavy atom. The second-order valence-electron chi connectivity index (χ2n) is 8.63. The van der Waals surface area contributed by atoms with Crippen LogP contribution in [-0.4, -0.2) is 22.2 Å². The molecule has 0 bridgehead atoms. The lowest BCUT2D eigenvalue weighted by Gasteiger charge is -2.15. The summed E-state index contributed by atoms with van der Waals surface area (Å²) in [5.41, 5.74) is 1.63. The number of aryl methyl sites for hydroxylation is 1. The fourth-order valence-electron chi connectivity index (χ4n) is 4.24. The van der Waals surface area contributed by atoms with Crippen LogP contribution in [0.5, 0.6) is 0 Å². The molecular weight excluding hydrogens is 400 g/mol. The zero-order valence-corrected chi connectivity index (χ0v) is 19.7. The average Bonchev–Trinajstić information content (AvgIpc) is 2.77. The van der Waals surface area contributed by atoms with Crippen LogP contribution in [0.15, 0.2) is 37.4 Å². The van der Waals surface area contributed by atoms with Gasteiger partial charge in [0.05, 0.1) is 11.1 Å². The highest BCUT2D eigenvalue weighted by Crippen LogP contribution is 2.25. The van der Waals surface area contributed by atoms with Crippen molar-refractivity contribution in [2.75, 3.05) is 0 Å². The number of carboxylic acid groups (broad SMARTS) is 2. The average molecular weight is 443 g/mol. The molecule has 0 spiro atoms. The van der Waals surface area contributed by atoms with Crippen molar-refractivity contribution in [2.24, 2.45) is 0 Å². The SMILES string of the molecule is C=CCCCCCCCCc1ccc(C(=O)O)c(C(=O)O)c1CCCCCCCCC=C. The minimum Gasteiger partial charge on any atom is -0.478 e. The van der Waals surface area contributed by atoms with Crippen molar-refractivity contribution in [2.45, 2.75) is 103 Å². The van der Waals surface area contributed by atoms with E-state index in [2.05, 4.69) is 13.2 Å². The first kappa shape index (κ1) is 27.7. The van der Waals surface area contributed by atoms with E-state index in [1.165, 1.54) is 51.0 Å². The van der Waals surface area contributed by atoms with Crippen molar-refractivity contribution in [3.05, 3.63) is 59.7 Å². The van der Waals surface area contributed by atoms with Gasteiger partial charge in [-0.2, -0.15) is 0 Å². The van der Waals surface area contributed by atoms with Gasteiger partial charge in [-0.25, -0.2) is 9.59 Å². The third-order valence-electron chi connectivity index (χ3n) is 6.04. The highest BCUT2D eigenvalue weighted by atomic mass is 16.4. The summed E-state index contributed by atoms with van der Waals surface area (Å²) < 4.78 is 0. The van der Waals surface area contributed by atoms with Crippen LogP contribution in [0.2, 0.25) is 0 Å². The summed E-state index contributed by atoms with van der Waals surface area (Å²) in [7, 11) is 0. The van der Waals surface area contributed by atoms with Crippen molar-refractivity contribution in [1.82, 2.24) is 0 Å². The maximum absolute atomic E-state index is 12.0. The number of allylic oxidation sites excluding steroid dienone is 2. The number of rotatable bonds is 20. The van der Waals surface area contributed by atoms with Crippen LogP contribution in [0.1, 0.15) is 122 Å². The predicted octanol–water partition coefficient (Wildman–Crippen LogP) is 8.00. The van der Waals surface area contributed by atoms with Crippen LogP contribution in [0.3, 0.4) is 0 Å². The van der Waals surface area contributed by atoms with E-state index in [0.717, 1.165) is 62.5 Å². The van der Waals surface area contributed by atoms with Gasteiger partial charge in [0, 0.05) is 0 Å². The normalized spacial score (nSPS) is 10.8. The quantitative estimate of drug-likeness (QED) is 0.158. The van der Waals surface area contributed by atoms with E-state index in [-0.39, 0.29) is 11.1 Å². The van der Waals surface area contributed by atoms with Gasteiger partial charge >= 0.3 is 11.9 Å². The first-order valence-electron chi connectivity index (χ1n) is 12.4. The Morgan fingerprint density at radius 3 is 1.59 bits per heavy atom. The predicted molar refractivity (Wildman–Crippen MR) is 133 cm³/mol. The molecule has 0 saturated carbocycles. The number of hydrogen-bond acceptors (Lipinski definition) is 2. The molecule has 0 heterocycles.